The molecule has 7 nitrogen and oxygen atoms in total. The Labute approximate surface area is 181 Å². The van der Waals surface area contributed by atoms with Crippen LogP contribution in [0.3, 0.4) is 0 Å². The summed E-state index contributed by atoms with van der Waals surface area (Å²) in [6, 6.07) is 10.7. The molecule has 0 atom stereocenters. The Balaban J connectivity index is 1.52. The van der Waals surface area contributed by atoms with E-state index in [0.717, 1.165) is 5.69 Å². The van der Waals surface area contributed by atoms with Crippen LogP contribution in [0.2, 0.25) is 5.02 Å². The van der Waals surface area contributed by atoms with Crippen molar-refractivity contribution in [3.8, 4) is 17.1 Å². The van der Waals surface area contributed by atoms with Crippen molar-refractivity contribution in [1.29, 1.82) is 0 Å². The van der Waals surface area contributed by atoms with E-state index >= 15 is 0 Å². The lowest BCUT2D eigenvalue weighted by Gasteiger charge is -2.10. The topological polar surface area (TPSA) is 85.6 Å². The van der Waals surface area contributed by atoms with Gasteiger partial charge >= 0.3 is 0 Å². The number of hydrogen-bond acceptors (Lipinski definition) is 6. The molecule has 2 aromatic carbocycles. The lowest BCUT2D eigenvalue weighted by atomic mass is 10.2. The monoisotopic (exact) mass is 466 g/mol. The van der Waals surface area contributed by atoms with Gasteiger partial charge in [0.1, 0.15) is 16.5 Å². The minimum absolute atomic E-state index is 0.0319. The molecule has 156 valence electrons. The second-order valence-electron chi connectivity index (χ2n) is 6.28. The summed E-state index contributed by atoms with van der Waals surface area (Å²) in [6.07, 6.45) is 0.363. The molecule has 0 aliphatic rings. The summed E-state index contributed by atoms with van der Waals surface area (Å²) in [5, 5.41) is 6.51. The summed E-state index contributed by atoms with van der Waals surface area (Å²) < 4.78 is 48.6. The van der Waals surface area contributed by atoms with Gasteiger partial charge in [0.05, 0.1) is 18.4 Å². The molecule has 0 saturated heterocycles. The van der Waals surface area contributed by atoms with E-state index < -0.39 is 15.8 Å². The molecule has 2 aromatic heterocycles. The molecule has 4 rings (SSSR count). The van der Waals surface area contributed by atoms with Gasteiger partial charge in [-0.3, -0.25) is 0 Å². The summed E-state index contributed by atoms with van der Waals surface area (Å²) in [5.74, 6) is 0.0848. The molecule has 4 aromatic rings. The molecule has 11 heteroatoms. The van der Waals surface area contributed by atoms with Crippen molar-refractivity contribution in [2.24, 2.45) is 0 Å². The molecule has 2 heterocycles. The van der Waals surface area contributed by atoms with Gasteiger partial charge in [0, 0.05) is 23.4 Å². The van der Waals surface area contributed by atoms with Gasteiger partial charge in [-0.1, -0.05) is 23.7 Å². The number of fused-ring (bicyclic) bond motifs is 1. The van der Waals surface area contributed by atoms with Crippen molar-refractivity contribution in [3.05, 3.63) is 64.4 Å². The third kappa shape index (κ3) is 4.04. The zero-order chi connectivity index (χ0) is 21.3. The van der Waals surface area contributed by atoms with Crippen LogP contribution in [-0.4, -0.2) is 36.7 Å². The fourth-order valence-corrected chi connectivity index (χ4v) is 5.22. The molecule has 0 bridgehead atoms. The van der Waals surface area contributed by atoms with Gasteiger partial charge in [-0.25, -0.2) is 22.0 Å². The van der Waals surface area contributed by atoms with E-state index in [0.29, 0.717) is 22.0 Å². The Kier molecular flexibility index (Phi) is 5.74. The minimum Gasteiger partial charge on any atom is -0.495 e. The molecular formula is C19H16ClFN4O3S2. The number of aromatic nitrogens is 3. The SMILES string of the molecule is COc1ccc(Cl)cc1S(=O)(=O)NCCc1csc2nc(-c3ccccc3F)nn12. The number of ether oxygens (including phenoxy) is 1. The molecular weight excluding hydrogens is 451 g/mol. The summed E-state index contributed by atoms with van der Waals surface area (Å²) in [7, 11) is -2.44. The number of benzene rings is 2. The van der Waals surface area contributed by atoms with E-state index in [9.17, 15) is 12.8 Å². The average molecular weight is 467 g/mol. The highest BCUT2D eigenvalue weighted by Crippen LogP contribution is 2.27. The third-order valence-electron chi connectivity index (χ3n) is 4.35. The zero-order valence-electron chi connectivity index (χ0n) is 15.7. The van der Waals surface area contributed by atoms with Crippen LogP contribution in [0, 0.1) is 5.82 Å². The Morgan fingerprint density at radius 3 is 2.83 bits per heavy atom. The number of hydrogen-bond donors (Lipinski definition) is 1. The Bertz CT molecular complexity index is 1320. The number of sulfonamides is 1. The Morgan fingerprint density at radius 2 is 2.07 bits per heavy atom. The molecule has 0 amide bonds. The van der Waals surface area contributed by atoms with Crippen LogP contribution in [0.5, 0.6) is 5.75 Å². The number of nitrogens with one attached hydrogen (secondary N) is 1. The van der Waals surface area contributed by atoms with E-state index in [-0.39, 0.29) is 23.0 Å². The highest BCUT2D eigenvalue weighted by Gasteiger charge is 2.20. The van der Waals surface area contributed by atoms with Gasteiger partial charge in [0.25, 0.3) is 0 Å². The first-order valence-electron chi connectivity index (χ1n) is 8.80. The number of nitrogens with zero attached hydrogens (tertiary/aromatic N) is 3. The first-order valence-corrected chi connectivity index (χ1v) is 11.5. The lowest BCUT2D eigenvalue weighted by Crippen LogP contribution is -2.26. The van der Waals surface area contributed by atoms with Crippen LogP contribution >= 0.6 is 22.9 Å². The third-order valence-corrected chi connectivity index (χ3v) is 6.94. The van der Waals surface area contributed by atoms with E-state index in [4.69, 9.17) is 16.3 Å². The molecule has 1 N–H and O–H groups in total. The normalized spacial score (nSPS) is 11.8. The maximum absolute atomic E-state index is 14.0. The molecule has 0 aliphatic carbocycles. The van der Waals surface area contributed by atoms with Crippen LogP contribution in [0.4, 0.5) is 4.39 Å². The predicted octanol–water partition coefficient (Wildman–Crippen LogP) is 3.78. The molecule has 0 spiro atoms. The zero-order valence-corrected chi connectivity index (χ0v) is 18.1. The van der Waals surface area contributed by atoms with Gasteiger partial charge in [-0.15, -0.1) is 16.4 Å². The predicted molar refractivity (Wildman–Crippen MR) is 113 cm³/mol. The number of methoxy groups -OCH3 is 1. The molecule has 30 heavy (non-hydrogen) atoms. The quantitative estimate of drug-likeness (QED) is 0.448. The number of thiazole rings is 1. The Morgan fingerprint density at radius 1 is 1.27 bits per heavy atom. The van der Waals surface area contributed by atoms with Crippen molar-refractivity contribution >= 4 is 37.9 Å². The molecule has 0 saturated carbocycles. The second kappa shape index (κ2) is 8.31. The van der Waals surface area contributed by atoms with Crippen molar-refractivity contribution < 1.29 is 17.5 Å². The standard InChI is InChI=1S/C19H16ClFN4O3S2/c1-28-16-7-6-12(20)10-17(16)30(26,27)22-9-8-13-11-29-19-23-18(24-25(13)19)14-4-2-3-5-15(14)21/h2-7,10-11,22H,8-9H2,1H3. The largest absolute Gasteiger partial charge is 0.495 e. The van der Waals surface area contributed by atoms with Crippen LogP contribution < -0.4 is 9.46 Å². The average Bonchev–Trinajstić information content (AvgIpc) is 3.30. The second-order valence-corrected chi connectivity index (χ2v) is 9.29. The molecule has 0 aliphatic heterocycles. The molecule has 0 radical (unpaired) electrons. The smallest absolute Gasteiger partial charge is 0.244 e. The first-order chi connectivity index (χ1) is 14.4. The van der Waals surface area contributed by atoms with Gasteiger partial charge in [0.15, 0.2) is 5.82 Å². The number of rotatable bonds is 7. The minimum atomic E-state index is -3.83. The van der Waals surface area contributed by atoms with E-state index in [1.807, 2.05) is 5.38 Å². The van der Waals surface area contributed by atoms with Gasteiger partial charge in [-0.2, -0.15) is 4.98 Å². The number of halogens is 2. The van der Waals surface area contributed by atoms with Gasteiger partial charge in [-0.05, 0) is 30.3 Å². The summed E-state index contributed by atoms with van der Waals surface area (Å²) >= 11 is 7.28. The van der Waals surface area contributed by atoms with Crippen LogP contribution in [0.25, 0.3) is 16.3 Å². The van der Waals surface area contributed by atoms with Gasteiger partial charge in [0.2, 0.25) is 15.0 Å². The van der Waals surface area contributed by atoms with Crippen molar-refractivity contribution in [2.45, 2.75) is 11.3 Å². The van der Waals surface area contributed by atoms with Crippen LogP contribution in [-0.2, 0) is 16.4 Å². The molecule has 0 unspecified atom stereocenters. The van der Waals surface area contributed by atoms with Crippen LogP contribution in [0.15, 0.2) is 52.7 Å². The highest BCUT2D eigenvalue weighted by atomic mass is 35.5. The summed E-state index contributed by atoms with van der Waals surface area (Å²) in [6.45, 7) is 0.124. The van der Waals surface area contributed by atoms with Gasteiger partial charge < -0.3 is 4.74 Å². The van der Waals surface area contributed by atoms with E-state index in [2.05, 4.69) is 14.8 Å². The maximum Gasteiger partial charge on any atom is 0.244 e. The fraction of sp³-hybridized carbons (Fsp3) is 0.158. The van der Waals surface area contributed by atoms with Crippen LogP contribution in [0.1, 0.15) is 5.69 Å². The summed E-state index contributed by atoms with van der Waals surface area (Å²) in [5.41, 5.74) is 1.07. The van der Waals surface area contributed by atoms with Crippen molar-refractivity contribution in [2.75, 3.05) is 13.7 Å². The van der Waals surface area contributed by atoms with E-state index in [1.54, 1.807) is 28.8 Å². The molecule has 0 fully saturated rings. The first kappa shape index (κ1) is 20.7. The van der Waals surface area contributed by atoms with E-state index in [1.165, 1.54) is 36.6 Å². The fourth-order valence-electron chi connectivity index (χ4n) is 2.91. The van der Waals surface area contributed by atoms with Crippen molar-refractivity contribution in [3.63, 3.8) is 0 Å². The lowest BCUT2D eigenvalue weighted by molar-refractivity contribution is 0.402. The highest BCUT2D eigenvalue weighted by molar-refractivity contribution is 7.89. The van der Waals surface area contributed by atoms with Crippen molar-refractivity contribution in [1.82, 2.24) is 19.3 Å². The maximum atomic E-state index is 14.0. The summed E-state index contributed by atoms with van der Waals surface area (Å²) in [4.78, 5) is 4.93. The Hall–Kier alpha value is -2.53.